The molecular formula is C19H24ClFN4O3. The number of benzene rings is 1. The van der Waals surface area contributed by atoms with Crippen LogP contribution in [0.2, 0.25) is 5.02 Å². The predicted octanol–water partition coefficient (Wildman–Crippen LogP) is 1.19. The van der Waals surface area contributed by atoms with Crippen LogP contribution in [0.25, 0.3) is 0 Å². The Kier molecular flexibility index (Phi) is 4.97. The van der Waals surface area contributed by atoms with Crippen molar-refractivity contribution in [1.82, 2.24) is 16.0 Å². The van der Waals surface area contributed by atoms with Crippen LogP contribution in [0, 0.1) is 5.82 Å². The second-order valence-electron chi connectivity index (χ2n) is 8.25. The molecule has 2 amide bonds. The minimum absolute atomic E-state index is 0.0121. The molecule has 1 aromatic rings. The fraction of sp³-hybridized carbons (Fsp3) is 0.579. The molecule has 2 bridgehead atoms. The van der Waals surface area contributed by atoms with Crippen LogP contribution in [-0.4, -0.2) is 41.7 Å². The molecule has 2 atom stereocenters. The van der Waals surface area contributed by atoms with Crippen LogP contribution in [-0.2, 0) is 9.59 Å². The molecule has 7 nitrogen and oxygen atoms in total. The Morgan fingerprint density at radius 2 is 2.04 bits per heavy atom. The summed E-state index contributed by atoms with van der Waals surface area (Å²) >= 11 is 5.63. The number of piperidine rings is 1. The van der Waals surface area contributed by atoms with E-state index in [1.807, 2.05) is 0 Å². The van der Waals surface area contributed by atoms with Gasteiger partial charge in [-0.15, -0.1) is 0 Å². The first-order chi connectivity index (χ1) is 13.3. The van der Waals surface area contributed by atoms with Gasteiger partial charge in [0.25, 0.3) is 5.91 Å². The highest BCUT2D eigenvalue weighted by molar-refractivity contribution is 6.30. The Morgan fingerprint density at radius 3 is 2.71 bits per heavy atom. The zero-order valence-electron chi connectivity index (χ0n) is 15.4. The summed E-state index contributed by atoms with van der Waals surface area (Å²) in [5, 5.41) is 9.90. The van der Waals surface area contributed by atoms with Crippen molar-refractivity contribution in [3.8, 4) is 5.75 Å². The summed E-state index contributed by atoms with van der Waals surface area (Å²) in [6.45, 7) is -0.173. The SMILES string of the molecule is NC(=O)C1CCCC(NC23CC(NC(=O)COc4ccc(Cl)c(F)c4)(C2)C3)N1. The van der Waals surface area contributed by atoms with Crippen molar-refractivity contribution in [3.63, 3.8) is 0 Å². The highest BCUT2D eigenvalue weighted by Gasteiger charge is 2.68. The van der Waals surface area contributed by atoms with Gasteiger partial charge in [-0.2, -0.15) is 0 Å². The highest BCUT2D eigenvalue weighted by Crippen LogP contribution is 2.60. The van der Waals surface area contributed by atoms with Gasteiger partial charge in [0.1, 0.15) is 11.6 Å². The number of nitrogens with two attached hydrogens (primary N) is 1. The predicted molar refractivity (Wildman–Crippen MR) is 101 cm³/mol. The van der Waals surface area contributed by atoms with Crippen molar-refractivity contribution < 1.29 is 18.7 Å². The van der Waals surface area contributed by atoms with Gasteiger partial charge >= 0.3 is 0 Å². The van der Waals surface area contributed by atoms with Crippen molar-refractivity contribution in [1.29, 1.82) is 0 Å². The molecule has 2 unspecified atom stereocenters. The van der Waals surface area contributed by atoms with Gasteiger partial charge in [-0.1, -0.05) is 11.6 Å². The second-order valence-corrected chi connectivity index (χ2v) is 8.66. The lowest BCUT2D eigenvalue weighted by Crippen LogP contribution is -2.85. The summed E-state index contributed by atoms with van der Waals surface area (Å²) in [6.07, 6.45) is 5.30. The van der Waals surface area contributed by atoms with Gasteiger partial charge in [0, 0.05) is 17.1 Å². The summed E-state index contributed by atoms with van der Waals surface area (Å²) < 4.78 is 18.7. The Morgan fingerprint density at radius 1 is 1.29 bits per heavy atom. The molecule has 3 aliphatic carbocycles. The average molecular weight is 411 g/mol. The second kappa shape index (κ2) is 7.17. The number of ether oxygens (including phenoxy) is 1. The van der Waals surface area contributed by atoms with Crippen molar-refractivity contribution >= 4 is 23.4 Å². The van der Waals surface area contributed by atoms with Gasteiger partial charge < -0.3 is 15.8 Å². The first-order valence-corrected chi connectivity index (χ1v) is 9.88. The molecule has 5 N–H and O–H groups in total. The monoisotopic (exact) mass is 410 g/mol. The standard InChI is InChI=1S/C19H24ClFN4O3/c20-12-5-4-11(6-13(12)21)28-7-16(26)25-19-8-18(9-19,10-19)24-15-3-1-2-14(23-15)17(22)27/h4-6,14-15,23-24H,1-3,7-10H2,(H2,22,27)(H,25,26). The molecule has 1 aliphatic heterocycles. The molecule has 4 fully saturated rings. The summed E-state index contributed by atoms with van der Waals surface area (Å²) in [6, 6.07) is 3.80. The minimum atomic E-state index is -0.582. The summed E-state index contributed by atoms with van der Waals surface area (Å²) in [5.74, 6) is -0.858. The number of rotatable bonds is 7. The maximum atomic E-state index is 13.4. The summed E-state index contributed by atoms with van der Waals surface area (Å²) in [5.41, 5.74) is 5.23. The van der Waals surface area contributed by atoms with E-state index in [2.05, 4.69) is 16.0 Å². The maximum absolute atomic E-state index is 13.4. The third-order valence-corrected chi connectivity index (χ3v) is 6.21. The van der Waals surface area contributed by atoms with E-state index in [1.54, 1.807) is 0 Å². The number of primary amides is 1. The van der Waals surface area contributed by atoms with Crippen LogP contribution < -0.4 is 26.4 Å². The van der Waals surface area contributed by atoms with E-state index >= 15 is 0 Å². The maximum Gasteiger partial charge on any atom is 0.258 e. The lowest BCUT2D eigenvalue weighted by molar-refractivity contribution is -0.146. The van der Waals surface area contributed by atoms with E-state index < -0.39 is 5.82 Å². The Balaban J connectivity index is 1.20. The Labute approximate surface area is 167 Å². The van der Waals surface area contributed by atoms with Gasteiger partial charge in [-0.25, -0.2) is 4.39 Å². The molecule has 3 saturated carbocycles. The van der Waals surface area contributed by atoms with Crippen LogP contribution in [0.4, 0.5) is 4.39 Å². The van der Waals surface area contributed by atoms with E-state index in [0.29, 0.717) is 0 Å². The molecule has 28 heavy (non-hydrogen) atoms. The minimum Gasteiger partial charge on any atom is -0.484 e. The first kappa shape index (κ1) is 19.4. The van der Waals surface area contributed by atoms with Crippen LogP contribution in [0.15, 0.2) is 18.2 Å². The van der Waals surface area contributed by atoms with Gasteiger partial charge in [0.2, 0.25) is 5.91 Å². The molecule has 9 heteroatoms. The van der Waals surface area contributed by atoms with E-state index in [-0.39, 0.29) is 52.5 Å². The largest absolute Gasteiger partial charge is 0.484 e. The quantitative estimate of drug-likeness (QED) is 0.540. The van der Waals surface area contributed by atoms with Gasteiger partial charge in [0.05, 0.1) is 17.2 Å². The van der Waals surface area contributed by atoms with E-state index in [9.17, 15) is 14.0 Å². The number of hydrogen-bond donors (Lipinski definition) is 4. The number of amides is 2. The number of nitrogens with one attached hydrogen (secondary N) is 3. The lowest BCUT2D eigenvalue weighted by atomic mass is 9.44. The summed E-state index contributed by atoms with van der Waals surface area (Å²) in [4.78, 5) is 23.5. The molecule has 0 radical (unpaired) electrons. The van der Waals surface area contributed by atoms with Crippen LogP contribution in [0.3, 0.4) is 0 Å². The lowest BCUT2D eigenvalue weighted by Gasteiger charge is -2.71. The number of carbonyl (C=O) groups is 2. The molecule has 0 spiro atoms. The Hall–Kier alpha value is -1.90. The molecule has 1 aromatic carbocycles. The van der Waals surface area contributed by atoms with Crippen molar-refractivity contribution in [2.75, 3.05) is 6.61 Å². The number of hydrogen-bond acceptors (Lipinski definition) is 5. The van der Waals surface area contributed by atoms with E-state index in [4.69, 9.17) is 22.1 Å². The molecule has 0 aromatic heterocycles. The smallest absolute Gasteiger partial charge is 0.258 e. The third-order valence-electron chi connectivity index (χ3n) is 5.91. The fourth-order valence-corrected chi connectivity index (χ4v) is 4.88. The van der Waals surface area contributed by atoms with Crippen LogP contribution >= 0.6 is 11.6 Å². The van der Waals surface area contributed by atoms with Crippen molar-refractivity contribution in [3.05, 3.63) is 29.0 Å². The first-order valence-electron chi connectivity index (χ1n) is 9.50. The Bertz CT molecular complexity index is 786. The number of carbonyl (C=O) groups excluding carboxylic acids is 2. The normalized spacial score (nSPS) is 33.4. The number of halogens is 2. The third kappa shape index (κ3) is 3.81. The molecule has 5 rings (SSSR count). The zero-order valence-corrected chi connectivity index (χ0v) is 16.2. The zero-order chi connectivity index (χ0) is 19.9. The average Bonchev–Trinajstić information content (AvgIpc) is 2.60. The molecule has 152 valence electrons. The highest BCUT2D eigenvalue weighted by atomic mass is 35.5. The van der Waals surface area contributed by atoms with Gasteiger partial charge in [-0.3, -0.25) is 20.2 Å². The van der Waals surface area contributed by atoms with Gasteiger partial charge in [-0.05, 0) is 50.7 Å². The topological polar surface area (TPSA) is 105 Å². The van der Waals surface area contributed by atoms with E-state index in [0.717, 1.165) is 44.6 Å². The molecular weight excluding hydrogens is 387 g/mol. The van der Waals surface area contributed by atoms with Crippen LogP contribution in [0.1, 0.15) is 38.5 Å². The van der Waals surface area contributed by atoms with Crippen molar-refractivity contribution in [2.24, 2.45) is 5.73 Å². The van der Waals surface area contributed by atoms with Crippen LogP contribution in [0.5, 0.6) is 5.75 Å². The molecule has 1 saturated heterocycles. The molecule has 1 heterocycles. The summed E-state index contributed by atoms with van der Waals surface area (Å²) in [7, 11) is 0. The molecule has 4 aliphatic rings. The van der Waals surface area contributed by atoms with Crippen molar-refractivity contribution in [2.45, 2.75) is 61.8 Å². The van der Waals surface area contributed by atoms with E-state index in [1.165, 1.54) is 12.1 Å². The van der Waals surface area contributed by atoms with Gasteiger partial charge in [0.15, 0.2) is 6.61 Å². The fourth-order valence-electron chi connectivity index (χ4n) is 4.76.